The van der Waals surface area contributed by atoms with Gasteiger partial charge in [0.15, 0.2) is 0 Å². The minimum atomic E-state index is -0.704. The lowest BCUT2D eigenvalue weighted by atomic mass is 10.1. The second-order valence-corrected chi connectivity index (χ2v) is 4.58. The molecule has 0 aliphatic carbocycles. The van der Waals surface area contributed by atoms with E-state index < -0.39 is 17.6 Å². The van der Waals surface area contributed by atoms with Crippen molar-refractivity contribution in [2.45, 2.75) is 6.92 Å². The number of aryl methyl sites for hydroxylation is 1. The molecule has 21 heavy (non-hydrogen) atoms. The van der Waals surface area contributed by atoms with E-state index in [4.69, 9.17) is 11.5 Å². The second-order valence-electron chi connectivity index (χ2n) is 4.58. The van der Waals surface area contributed by atoms with Crippen molar-refractivity contribution in [3.05, 3.63) is 58.9 Å². The molecule has 0 atom stereocenters. The largest absolute Gasteiger partial charge is 0.398 e. The maximum atomic E-state index is 13.7. The summed E-state index contributed by atoms with van der Waals surface area (Å²) in [4.78, 5) is 23.1. The Kier molecular flexibility index (Phi) is 3.89. The fourth-order valence-electron chi connectivity index (χ4n) is 1.75. The molecule has 0 fully saturated rings. The third kappa shape index (κ3) is 3.17. The van der Waals surface area contributed by atoms with Crippen LogP contribution in [0.25, 0.3) is 0 Å². The number of nitrogens with two attached hydrogens (primary N) is 2. The van der Waals surface area contributed by atoms with E-state index in [0.29, 0.717) is 11.3 Å². The van der Waals surface area contributed by atoms with Gasteiger partial charge in [0.2, 0.25) is 5.91 Å². The van der Waals surface area contributed by atoms with Crippen molar-refractivity contribution < 1.29 is 14.0 Å². The van der Waals surface area contributed by atoms with Gasteiger partial charge in [-0.25, -0.2) is 4.39 Å². The monoisotopic (exact) mass is 287 g/mol. The maximum absolute atomic E-state index is 13.7. The summed E-state index contributed by atoms with van der Waals surface area (Å²) in [5.74, 6) is -1.89. The second kappa shape index (κ2) is 5.62. The van der Waals surface area contributed by atoms with Crippen molar-refractivity contribution in [1.29, 1.82) is 0 Å². The summed E-state index contributed by atoms with van der Waals surface area (Å²) in [7, 11) is 0. The van der Waals surface area contributed by atoms with Crippen LogP contribution in [-0.4, -0.2) is 11.8 Å². The van der Waals surface area contributed by atoms with Gasteiger partial charge in [-0.3, -0.25) is 9.59 Å². The molecule has 2 aromatic rings. The number of primary amides is 1. The number of nitrogen functional groups attached to an aromatic ring is 1. The van der Waals surface area contributed by atoms with E-state index in [1.807, 2.05) is 6.92 Å². The van der Waals surface area contributed by atoms with Crippen LogP contribution in [0.4, 0.5) is 15.8 Å². The van der Waals surface area contributed by atoms with Crippen molar-refractivity contribution in [3.8, 4) is 0 Å². The number of rotatable bonds is 3. The van der Waals surface area contributed by atoms with Gasteiger partial charge in [0.25, 0.3) is 5.91 Å². The van der Waals surface area contributed by atoms with Crippen molar-refractivity contribution in [2.24, 2.45) is 5.73 Å². The third-order valence-electron chi connectivity index (χ3n) is 3.04. The summed E-state index contributed by atoms with van der Waals surface area (Å²) in [6, 6.07) is 8.28. The number of hydrogen-bond donors (Lipinski definition) is 3. The van der Waals surface area contributed by atoms with Gasteiger partial charge in [-0.15, -0.1) is 0 Å². The average molecular weight is 287 g/mol. The highest BCUT2D eigenvalue weighted by atomic mass is 19.1. The zero-order valence-electron chi connectivity index (χ0n) is 11.3. The average Bonchev–Trinajstić information content (AvgIpc) is 2.43. The van der Waals surface area contributed by atoms with Crippen molar-refractivity contribution in [3.63, 3.8) is 0 Å². The van der Waals surface area contributed by atoms with E-state index >= 15 is 0 Å². The van der Waals surface area contributed by atoms with Gasteiger partial charge in [0.05, 0.1) is 5.69 Å². The lowest BCUT2D eigenvalue weighted by Gasteiger charge is -2.09. The highest BCUT2D eigenvalue weighted by Crippen LogP contribution is 2.18. The van der Waals surface area contributed by atoms with Crippen molar-refractivity contribution in [1.82, 2.24) is 0 Å². The van der Waals surface area contributed by atoms with Crippen LogP contribution in [0.3, 0.4) is 0 Å². The first-order valence-electron chi connectivity index (χ1n) is 6.15. The molecule has 0 aliphatic heterocycles. The van der Waals surface area contributed by atoms with E-state index in [1.165, 1.54) is 18.2 Å². The number of carbonyl (C=O) groups is 2. The molecule has 2 amide bonds. The molecule has 0 saturated carbocycles. The van der Waals surface area contributed by atoms with Gasteiger partial charge < -0.3 is 16.8 Å². The highest BCUT2D eigenvalue weighted by molar-refractivity contribution is 6.05. The van der Waals surface area contributed by atoms with Gasteiger partial charge >= 0.3 is 0 Å². The van der Waals surface area contributed by atoms with Crippen LogP contribution in [0.5, 0.6) is 0 Å². The molecule has 5 nitrogen and oxygen atoms in total. The number of anilines is 2. The summed E-state index contributed by atoms with van der Waals surface area (Å²) >= 11 is 0. The van der Waals surface area contributed by atoms with Crippen molar-refractivity contribution in [2.75, 3.05) is 11.1 Å². The van der Waals surface area contributed by atoms with Crippen LogP contribution in [0.1, 0.15) is 26.3 Å². The Balaban J connectivity index is 2.28. The summed E-state index contributed by atoms with van der Waals surface area (Å²) in [5.41, 5.74) is 12.4. The topological polar surface area (TPSA) is 98.2 Å². The van der Waals surface area contributed by atoms with Gasteiger partial charge in [-0.05, 0) is 42.8 Å². The molecule has 2 rings (SSSR count). The van der Waals surface area contributed by atoms with Crippen molar-refractivity contribution >= 4 is 23.2 Å². The van der Waals surface area contributed by atoms with E-state index in [2.05, 4.69) is 5.32 Å². The van der Waals surface area contributed by atoms with Gasteiger partial charge in [-0.2, -0.15) is 0 Å². The summed E-state index contributed by atoms with van der Waals surface area (Å²) < 4.78 is 13.7. The molecule has 0 unspecified atom stereocenters. The molecule has 0 bridgehead atoms. The third-order valence-corrected chi connectivity index (χ3v) is 3.04. The zero-order valence-corrected chi connectivity index (χ0v) is 11.3. The normalized spacial score (nSPS) is 10.2. The molecular weight excluding hydrogens is 273 g/mol. The van der Waals surface area contributed by atoms with Crippen LogP contribution < -0.4 is 16.8 Å². The number of nitrogens with one attached hydrogen (secondary N) is 1. The van der Waals surface area contributed by atoms with E-state index in [-0.39, 0.29) is 11.3 Å². The van der Waals surface area contributed by atoms with Gasteiger partial charge in [-0.1, -0.05) is 6.07 Å². The fourth-order valence-corrected chi connectivity index (χ4v) is 1.75. The molecule has 0 heterocycles. The Morgan fingerprint density at radius 2 is 1.76 bits per heavy atom. The number of hydrogen-bond acceptors (Lipinski definition) is 3. The smallest absolute Gasteiger partial charge is 0.255 e. The summed E-state index contributed by atoms with van der Waals surface area (Å²) in [6.07, 6.45) is 0. The van der Waals surface area contributed by atoms with E-state index in [9.17, 15) is 14.0 Å². The minimum Gasteiger partial charge on any atom is -0.398 e. The Morgan fingerprint density at radius 1 is 1.10 bits per heavy atom. The first-order valence-corrected chi connectivity index (χ1v) is 6.15. The molecule has 0 radical (unpaired) electrons. The molecular formula is C15H14FN3O2. The lowest BCUT2D eigenvalue weighted by molar-refractivity contribution is 0.0996. The Labute approximate surface area is 120 Å². The van der Waals surface area contributed by atoms with Crippen LogP contribution in [-0.2, 0) is 0 Å². The Morgan fingerprint density at radius 3 is 2.38 bits per heavy atom. The molecule has 6 heteroatoms. The Hall–Kier alpha value is -2.89. The minimum absolute atomic E-state index is 0.107. The number of carbonyl (C=O) groups excluding carboxylic acids is 2. The maximum Gasteiger partial charge on any atom is 0.255 e. The molecule has 0 saturated heterocycles. The van der Waals surface area contributed by atoms with Gasteiger partial charge in [0, 0.05) is 16.8 Å². The van der Waals surface area contributed by atoms with Gasteiger partial charge in [0.1, 0.15) is 5.82 Å². The SMILES string of the molecule is Cc1ccc(C(=O)Nc2cc(C(N)=O)ccc2F)cc1N. The fraction of sp³-hybridized carbons (Fsp3) is 0.0667. The number of halogens is 1. The highest BCUT2D eigenvalue weighted by Gasteiger charge is 2.12. The first kappa shape index (κ1) is 14.5. The molecule has 0 spiro atoms. The first-order chi connectivity index (χ1) is 9.88. The van der Waals surface area contributed by atoms with Crippen LogP contribution >= 0.6 is 0 Å². The molecule has 0 aliphatic rings. The zero-order chi connectivity index (χ0) is 15.6. The summed E-state index contributed by atoms with van der Waals surface area (Å²) in [6.45, 7) is 1.81. The van der Waals surface area contributed by atoms with E-state index in [1.54, 1.807) is 12.1 Å². The standard InChI is InChI=1S/C15H14FN3O2/c1-8-2-3-10(6-12(8)17)15(21)19-13-7-9(14(18)20)4-5-11(13)16/h2-7H,17H2,1H3,(H2,18,20)(H,19,21). The summed E-state index contributed by atoms with van der Waals surface area (Å²) in [5, 5.41) is 2.39. The van der Waals surface area contributed by atoms with E-state index in [0.717, 1.165) is 11.6 Å². The molecule has 5 N–H and O–H groups in total. The predicted molar refractivity (Wildman–Crippen MR) is 78.5 cm³/mol. The van der Waals surface area contributed by atoms with Crippen LogP contribution in [0, 0.1) is 12.7 Å². The molecule has 2 aromatic carbocycles. The van der Waals surface area contributed by atoms with Crippen LogP contribution in [0.15, 0.2) is 36.4 Å². The van der Waals surface area contributed by atoms with Crippen LogP contribution in [0.2, 0.25) is 0 Å². The molecule has 108 valence electrons. The number of benzene rings is 2. The lowest BCUT2D eigenvalue weighted by Crippen LogP contribution is -2.16. The Bertz CT molecular complexity index is 729. The molecule has 0 aromatic heterocycles. The quantitative estimate of drug-likeness (QED) is 0.753. The number of amides is 2. The predicted octanol–water partition coefficient (Wildman–Crippen LogP) is 2.07.